The van der Waals surface area contributed by atoms with Crippen molar-refractivity contribution in [1.29, 1.82) is 0 Å². The normalized spacial score (nSPS) is 19.3. The second-order valence-electron chi connectivity index (χ2n) is 9.56. The Labute approximate surface area is 238 Å². The van der Waals surface area contributed by atoms with Gasteiger partial charge in [-0.3, -0.25) is 19.5 Å². The van der Waals surface area contributed by atoms with Gasteiger partial charge in [-0.15, -0.1) is 0 Å². The van der Waals surface area contributed by atoms with Gasteiger partial charge in [-0.1, -0.05) is 12.1 Å². The molecule has 2 fully saturated rings. The fourth-order valence-corrected chi connectivity index (χ4v) is 5.28. The lowest BCUT2D eigenvalue weighted by molar-refractivity contribution is -0.143. The highest BCUT2D eigenvalue weighted by atomic mass is 32.2. The molecule has 2 heterocycles. The van der Waals surface area contributed by atoms with Crippen LogP contribution in [0.2, 0.25) is 0 Å². The average Bonchev–Trinajstić information content (AvgIpc) is 3.26. The van der Waals surface area contributed by atoms with E-state index < -0.39 is 23.5 Å². The number of thioether (sulfide) groups is 1. The summed E-state index contributed by atoms with van der Waals surface area (Å²) in [6.07, 6.45) is -6.79. The van der Waals surface area contributed by atoms with E-state index in [1.165, 1.54) is 14.2 Å². The second kappa shape index (κ2) is 14.5. The van der Waals surface area contributed by atoms with Crippen molar-refractivity contribution in [3.8, 4) is 0 Å². The Balaban J connectivity index is 1.63. The minimum atomic E-state index is -4.92. The number of allylic oxidation sites excluding steroid dienone is 1. The molecule has 2 aliphatic rings. The summed E-state index contributed by atoms with van der Waals surface area (Å²) in [6.45, 7) is 1.93. The largest absolute Gasteiger partial charge is 0.416 e. The van der Waals surface area contributed by atoms with Crippen LogP contribution in [0.15, 0.2) is 34.2 Å². The highest BCUT2D eigenvalue weighted by Gasteiger charge is 2.38. The molecule has 2 aliphatic heterocycles. The van der Waals surface area contributed by atoms with Gasteiger partial charge in [0.2, 0.25) is 5.91 Å². The summed E-state index contributed by atoms with van der Waals surface area (Å²) in [6, 6.07) is 1.72. The fraction of sp³-hybridized carbons (Fsp3) is 0.577. The van der Waals surface area contributed by atoms with Gasteiger partial charge in [-0.05, 0) is 61.3 Å². The van der Waals surface area contributed by atoms with Crippen molar-refractivity contribution in [3.05, 3.63) is 45.9 Å². The number of piperidine rings is 1. The number of methoxy groups -OCH3 is 2. The van der Waals surface area contributed by atoms with E-state index in [0.29, 0.717) is 63.2 Å². The number of benzene rings is 1. The van der Waals surface area contributed by atoms with Gasteiger partial charge in [-0.2, -0.15) is 26.3 Å². The molecule has 0 spiro atoms. The van der Waals surface area contributed by atoms with Crippen molar-refractivity contribution in [2.45, 2.75) is 31.7 Å². The summed E-state index contributed by atoms with van der Waals surface area (Å²) >= 11 is 0.951. The van der Waals surface area contributed by atoms with Crippen molar-refractivity contribution < 1.29 is 45.4 Å². The minimum Gasteiger partial charge on any atom is -0.383 e. The molecule has 1 aromatic carbocycles. The summed E-state index contributed by atoms with van der Waals surface area (Å²) < 4.78 is 89.6. The summed E-state index contributed by atoms with van der Waals surface area (Å²) in [5.74, 6) is 0.0256. The van der Waals surface area contributed by atoms with Crippen molar-refractivity contribution in [2.75, 3.05) is 60.2 Å². The molecule has 0 atom stereocenters. The summed E-state index contributed by atoms with van der Waals surface area (Å²) in [4.78, 5) is 32.9. The number of alkyl halides is 6. The number of nitrogens with zero attached hydrogens (tertiary/aromatic N) is 3. The zero-order valence-electron chi connectivity index (χ0n) is 22.6. The molecule has 228 valence electrons. The van der Waals surface area contributed by atoms with E-state index in [1.54, 1.807) is 9.80 Å². The number of ether oxygens (including phenoxy) is 2. The zero-order valence-corrected chi connectivity index (χ0v) is 23.4. The molecule has 41 heavy (non-hydrogen) atoms. The maximum atomic E-state index is 13.5. The lowest BCUT2D eigenvalue weighted by atomic mass is 9.95. The third-order valence-electron chi connectivity index (χ3n) is 6.67. The molecule has 1 N–H and O–H groups in total. The lowest BCUT2D eigenvalue weighted by Gasteiger charge is -2.31. The number of halogens is 6. The van der Waals surface area contributed by atoms with E-state index in [0.717, 1.165) is 17.8 Å². The first kappa shape index (κ1) is 32.9. The van der Waals surface area contributed by atoms with Crippen molar-refractivity contribution in [1.82, 2.24) is 15.1 Å². The summed E-state index contributed by atoms with van der Waals surface area (Å²) in [5.41, 5.74) is -2.84. The van der Waals surface area contributed by atoms with E-state index >= 15 is 0 Å². The molecule has 0 saturated carbocycles. The van der Waals surface area contributed by atoms with Gasteiger partial charge in [0.25, 0.3) is 5.24 Å². The van der Waals surface area contributed by atoms with Crippen LogP contribution in [0.25, 0.3) is 0 Å². The molecule has 15 heteroatoms. The quantitative estimate of drug-likeness (QED) is 0.363. The molecule has 2 amide bonds. The van der Waals surface area contributed by atoms with Crippen LogP contribution in [0.3, 0.4) is 0 Å². The monoisotopic (exact) mass is 610 g/mol. The number of nitrogens with one attached hydrogen (secondary N) is 1. The van der Waals surface area contributed by atoms with Gasteiger partial charge in [-0.25, -0.2) is 0 Å². The van der Waals surface area contributed by atoms with Crippen LogP contribution in [0.1, 0.15) is 29.5 Å². The van der Waals surface area contributed by atoms with Gasteiger partial charge in [0.05, 0.1) is 29.2 Å². The van der Waals surface area contributed by atoms with Crippen LogP contribution < -0.4 is 5.32 Å². The van der Waals surface area contributed by atoms with Gasteiger partial charge in [0.1, 0.15) is 12.4 Å². The molecular formula is C26H32F6N4O4S. The molecule has 0 radical (unpaired) electrons. The third-order valence-corrected chi connectivity index (χ3v) is 7.50. The van der Waals surface area contributed by atoms with Crippen LogP contribution >= 0.6 is 11.8 Å². The molecule has 0 unspecified atom stereocenters. The SMILES string of the molecule is COCCN(CCOC)C(=O)CN=C1NC(=O)SC1=CC1CCN(Cc2ccc(C(F)(F)F)cc2C(F)(F)F)CC1. The Hall–Kier alpha value is -2.62. The number of aliphatic imine (C=N–C) groups is 1. The number of hydrogen-bond acceptors (Lipinski definition) is 7. The maximum Gasteiger partial charge on any atom is 0.416 e. The van der Waals surface area contributed by atoms with Crippen molar-refractivity contribution in [2.24, 2.45) is 10.9 Å². The number of likely N-dealkylation sites (tertiary alicyclic amines) is 1. The van der Waals surface area contributed by atoms with E-state index in [9.17, 15) is 35.9 Å². The highest BCUT2D eigenvalue weighted by Crippen LogP contribution is 2.38. The Bertz CT molecular complexity index is 1130. The number of rotatable bonds is 11. The summed E-state index contributed by atoms with van der Waals surface area (Å²) in [5, 5.41) is 2.30. The predicted octanol–water partition coefficient (Wildman–Crippen LogP) is 4.80. The molecule has 0 aliphatic carbocycles. The molecule has 0 aromatic heterocycles. The minimum absolute atomic E-state index is 0.00283. The van der Waals surface area contributed by atoms with Crippen LogP contribution in [-0.4, -0.2) is 86.9 Å². The standard InChI is InChI=1S/C26H32F6N4O4S/c1-39-11-9-36(10-12-40-2)22(37)15-33-23-21(41-24(38)34-23)13-17-5-7-35(8-6-17)16-18-3-4-19(25(27,28)29)14-20(18)26(30,31)32/h3-4,13-14,17H,5-12,15-16H2,1-2H3,(H,33,34,38). The smallest absolute Gasteiger partial charge is 0.383 e. The third kappa shape index (κ3) is 9.72. The molecule has 2 saturated heterocycles. The molecule has 0 bridgehead atoms. The Morgan fingerprint density at radius 2 is 1.73 bits per heavy atom. The van der Waals surface area contributed by atoms with Crippen LogP contribution in [-0.2, 0) is 33.2 Å². The first-order valence-electron chi connectivity index (χ1n) is 12.8. The van der Waals surface area contributed by atoms with Crippen molar-refractivity contribution in [3.63, 3.8) is 0 Å². The predicted molar refractivity (Wildman–Crippen MR) is 141 cm³/mol. The van der Waals surface area contributed by atoms with E-state index in [4.69, 9.17) is 9.47 Å². The van der Waals surface area contributed by atoms with Gasteiger partial charge in [0, 0.05) is 33.9 Å². The van der Waals surface area contributed by atoms with Crippen LogP contribution in [0.5, 0.6) is 0 Å². The van der Waals surface area contributed by atoms with Crippen LogP contribution in [0.4, 0.5) is 31.1 Å². The second-order valence-corrected chi connectivity index (χ2v) is 10.6. The van der Waals surface area contributed by atoms with E-state index in [1.807, 2.05) is 6.08 Å². The van der Waals surface area contributed by atoms with Crippen molar-refractivity contribution >= 4 is 28.7 Å². The molecular weight excluding hydrogens is 578 g/mol. The summed E-state index contributed by atoms with van der Waals surface area (Å²) in [7, 11) is 3.06. The van der Waals surface area contributed by atoms with E-state index in [-0.39, 0.29) is 47.6 Å². The number of amides is 2. The van der Waals surface area contributed by atoms with Gasteiger partial charge >= 0.3 is 12.4 Å². The fourth-order valence-electron chi connectivity index (χ4n) is 4.46. The maximum absolute atomic E-state index is 13.5. The molecule has 3 rings (SSSR count). The lowest BCUT2D eigenvalue weighted by Crippen LogP contribution is -2.38. The average molecular weight is 611 g/mol. The Morgan fingerprint density at radius 1 is 1.10 bits per heavy atom. The number of carbonyl (C=O) groups excluding carboxylic acids is 2. The topological polar surface area (TPSA) is 83.5 Å². The van der Waals surface area contributed by atoms with E-state index in [2.05, 4.69) is 10.3 Å². The molecule has 1 aromatic rings. The van der Waals surface area contributed by atoms with Crippen LogP contribution in [0, 0.1) is 5.92 Å². The molecule has 8 nitrogen and oxygen atoms in total. The number of amidine groups is 1. The Morgan fingerprint density at radius 3 is 2.29 bits per heavy atom. The number of carbonyl (C=O) groups is 2. The highest BCUT2D eigenvalue weighted by molar-refractivity contribution is 8.18. The number of hydrogen-bond donors (Lipinski definition) is 1. The zero-order chi connectivity index (χ0) is 30.2. The Kier molecular flexibility index (Phi) is 11.6. The van der Waals surface area contributed by atoms with Gasteiger partial charge < -0.3 is 19.7 Å². The first-order valence-corrected chi connectivity index (χ1v) is 13.6. The van der Waals surface area contributed by atoms with Gasteiger partial charge in [0.15, 0.2) is 0 Å². The first-order chi connectivity index (χ1) is 19.3.